The Hall–Kier alpha value is -1.08. The predicted octanol–water partition coefficient (Wildman–Crippen LogP) is 3.51. The molecule has 1 nitrogen and oxygen atoms in total. The molecule has 1 rings (SSSR count). The molecular formula is C11H12ClN. The summed E-state index contributed by atoms with van der Waals surface area (Å²) in [6.07, 6.45) is 0. The summed E-state index contributed by atoms with van der Waals surface area (Å²) < 4.78 is 0. The van der Waals surface area contributed by atoms with Crippen LogP contribution < -0.4 is 0 Å². The Bertz CT molecular complexity index is 353. The molecule has 0 N–H and O–H groups in total. The van der Waals surface area contributed by atoms with Crippen LogP contribution >= 0.6 is 11.6 Å². The van der Waals surface area contributed by atoms with Crippen molar-refractivity contribution in [3.8, 4) is 0 Å². The molecule has 0 unspecified atom stereocenters. The highest BCUT2D eigenvalue weighted by molar-refractivity contribution is 6.30. The lowest BCUT2D eigenvalue weighted by molar-refractivity contribution is 1.40. The van der Waals surface area contributed by atoms with Gasteiger partial charge in [-0.2, -0.15) is 0 Å². The molecule has 13 heavy (non-hydrogen) atoms. The van der Waals surface area contributed by atoms with Gasteiger partial charge in [0.1, 0.15) is 5.16 Å². The van der Waals surface area contributed by atoms with Crippen LogP contribution in [0.5, 0.6) is 0 Å². The van der Waals surface area contributed by atoms with Gasteiger partial charge in [-0.3, -0.25) is 0 Å². The third-order valence-corrected chi connectivity index (χ3v) is 1.91. The summed E-state index contributed by atoms with van der Waals surface area (Å²) in [6, 6.07) is 8.05. The Kier molecular flexibility index (Phi) is 3.26. The van der Waals surface area contributed by atoms with E-state index in [0.717, 1.165) is 11.3 Å². The first-order chi connectivity index (χ1) is 6.11. The van der Waals surface area contributed by atoms with E-state index in [1.54, 1.807) is 0 Å². The highest BCUT2D eigenvalue weighted by atomic mass is 35.5. The van der Waals surface area contributed by atoms with Crippen LogP contribution in [0.25, 0.3) is 0 Å². The van der Waals surface area contributed by atoms with E-state index in [2.05, 4.69) is 11.6 Å². The normalized spacial score (nSPS) is 11.5. The minimum Gasteiger partial charge on any atom is -0.241 e. The van der Waals surface area contributed by atoms with Gasteiger partial charge in [-0.25, -0.2) is 4.99 Å². The second-order valence-electron chi connectivity index (χ2n) is 2.89. The maximum Gasteiger partial charge on any atom is 0.122 e. The fourth-order valence-corrected chi connectivity index (χ4v) is 1.35. The first kappa shape index (κ1) is 10.0. The number of hydrogen-bond donors (Lipinski definition) is 0. The minimum absolute atomic E-state index is 0.320. The average molecular weight is 194 g/mol. The zero-order chi connectivity index (χ0) is 9.84. The molecule has 68 valence electrons. The lowest BCUT2D eigenvalue weighted by Crippen LogP contribution is -1.97. The quantitative estimate of drug-likeness (QED) is 0.504. The molecule has 1 aromatic rings. The number of benzene rings is 1. The number of aryl methyl sites for hydroxylation is 1. The number of halogens is 1. The van der Waals surface area contributed by atoms with E-state index < -0.39 is 0 Å². The van der Waals surface area contributed by atoms with Gasteiger partial charge in [0.25, 0.3) is 0 Å². The van der Waals surface area contributed by atoms with E-state index in [4.69, 9.17) is 11.6 Å². The summed E-state index contributed by atoms with van der Waals surface area (Å²) in [5, 5.41) is 0.320. The molecule has 1 aromatic carbocycles. The molecule has 0 heterocycles. The van der Waals surface area contributed by atoms with E-state index in [1.807, 2.05) is 38.1 Å². The van der Waals surface area contributed by atoms with E-state index in [9.17, 15) is 0 Å². The molecule has 0 saturated carbocycles. The molecule has 0 saturated heterocycles. The molecule has 0 aliphatic heterocycles. The average Bonchev–Trinajstić information content (AvgIpc) is 2.03. The summed E-state index contributed by atoms with van der Waals surface area (Å²) in [4.78, 5) is 4.10. The number of hydrogen-bond acceptors (Lipinski definition) is 1. The number of aliphatic imine (C=N–C) groups is 1. The molecule has 0 fully saturated rings. The molecular weight excluding hydrogens is 182 g/mol. The molecule has 0 amide bonds. The van der Waals surface area contributed by atoms with Gasteiger partial charge in [-0.15, -0.1) is 0 Å². The van der Waals surface area contributed by atoms with Crippen molar-refractivity contribution < 1.29 is 0 Å². The summed E-state index contributed by atoms with van der Waals surface area (Å²) >= 11 is 5.59. The third kappa shape index (κ3) is 2.71. The Morgan fingerprint density at radius 3 is 2.54 bits per heavy atom. The largest absolute Gasteiger partial charge is 0.241 e. The van der Waals surface area contributed by atoms with Crippen LogP contribution in [0.2, 0.25) is 0 Å². The van der Waals surface area contributed by atoms with Crippen LogP contribution in [0.3, 0.4) is 0 Å². The van der Waals surface area contributed by atoms with Gasteiger partial charge in [0.15, 0.2) is 0 Å². The highest BCUT2D eigenvalue weighted by Gasteiger charge is 1.99. The van der Waals surface area contributed by atoms with Gasteiger partial charge in [0, 0.05) is 5.71 Å². The molecule has 0 atom stereocenters. The van der Waals surface area contributed by atoms with Crippen molar-refractivity contribution in [2.24, 2.45) is 4.99 Å². The summed E-state index contributed by atoms with van der Waals surface area (Å²) in [7, 11) is 0. The topological polar surface area (TPSA) is 12.4 Å². The molecule has 0 spiro atoms. The molecule has 0 radical (unpaired) electrons. The van der Waals surface area contributed by atoms with Crippen molar-refractivity contribution in [3.63, 3.8) is 0 Å². The summed E-state index contributed by atoms with van der Waals surface area (Å²) in [6.45, 7) is 7.50. The van der Waals surface area contributed by atoms with Crippen molar-refractivity contribution in [3.05, 3.63) is 47.1 Å². The molecule has 2 heteroatoms. The SMILES string of the molecule is C=C(Cl)/N=C(/C)c1ccccc1C. The van der Waals surface area contributed by atoms with E-state index in [-0.39, 0.29) is 0 Å². The lowest BCUT2D eigenvalue weighted by atomic mass is 10.1. The molecule has 0 aliphatic rings. The Balaban J connectivity index is 3.08. The van der Waals surface area contributed by atoms with Gasteiger partial charge in [0.2, 0.25) is 0 Å². The van der Waals surface area contributed by atoms with Gasteiger partial charge >= 0.3 is 0 Å². The Morgan fingerprint density at radius 1 is 1.38 bits per heavy atom. The third-order valence-electron chi connectivity index (χ3n) is 1.82. The summed E-state index contributed by atoms with van der Waals surface area (Å²) in [5.41, 5.74) is 3.21. The highest BCUT2D eigenvalue weighted by Crippen LogP contribution is 2.10. The standard InChI is InChI=1S/C11H12ClN/c1-8-6-4-5-7-11(8)9(2)13-10(3)12/h4-7H,3H2,1-2H3/b13-9-. The van der Waals surface area contributed by atoms with Crippen LogP contribution in [0.15, 0.2) is 41.0 Å². The minimum atomic E-state index is 0.320. The van der Waals surface area contributed by atoms with E-state index in [0.29, 0.717) is 5.16 Å². The monoisotopic (exact) mass is 193 g/mol. The zero-order valence-corrected chi connectivity index (χ0v) is 8.60. The van der Waals surface area contributed by atoms with Gasteiger partial charge in [-0.1, -0.05) is 42.4 Å². The molecule has 0 aromatic heterocycles. The smallest absolute Gasteiger partial charge is 0.122 e. The van der Waals surface area contributed by atoms with E-state index in [1.165, 1.54) is 5.56 Å². The fraction of sp³-hybridized carbons (Fsp3) is 0.182. The Labute approximate surface area is 83.8 Å². The first-order valence-corrected chi connectivity index (χ1v) is 4.45. The fourth-order valence-electron chi connectivity index (χ4n) is 1.22. The second kappa shape index (κ2) is 4.24. The van der Waals surface area contributed by atoms with Gasteiger partial charge in [-0.05, 0) is 25.0 Å². The second-order valence-corrected chi connectivity index (χ2v) is 3.32. The molecule has 0 bridgehead atoms. The lowest BCUT2D eigenvalue weighted by Gasteiger charge is -2.03. The van der Waals surface area contributed by atoms with Crippen LogP contribution in [-0.4, -0.2) is 5.71 Å². The van der Waals surface area contributed by atoms with Crippen LogP contribution in [0, 0.1) is 6.92 Å². The van der Waals surface area contributed by atoms with Crippen molar-refractivity contribution >= 4 is 17.3 Å². The maximum absolute atomic E-state index is 5.59. The van der Waals surface area contributed by atoms with Crippen molar-refractivity contribution in [2.75, 3.05) is 0 Å². The zero-order valence-electron chi connectivity index (χ0n) is 7.84. The number of rotatable bonds is 2. The van der Waals surface area contributed by atoms with Crippen molar-refractivity contribution in [1.29, 1.82) is 0 Å². The van der Waals surface area contributed by atoms with Crippen LogP contribution in [0.1, 0.15) is 18.1 Å². The van der Waals surface area contributed by atoms with E-state index >= 15 is 0 Å². The van der Waals surface area contributed by atoms with Crippen LogP contribution in [-0.2, 0) is 0 Å². The van der Waals surface area contributed by atoms with Gasteiger partial charge in [0.05, 0.1) is 0 Å². The molecule has 0 aliphatic carbocycles. The first-order valence-electron chi connectivity index (χ1n) is 4.07. The predicted molar refractivity (Wildman–Crippen MR) is 58.4 cm³/mol. The van der Waals surface area contributed by atoms with Crippen LogP contribution in [0.4, 0.5) is 0 Å². The van der Waals surface area contributed by atoms with Crippen molar-refractivity contribution in [2.45, 2.75) is 13.8 Å². The van der Waals surface area contributed by atoms with Crippen molar-refractivity contribution in [1.82, 2.24) is 0 Å². The maximum atomic E-state index is 5.59. The Morgan fingerprint density at radius 2 is 2.00 bits per heavy atom. The van der Waals surface area contributed by atoms with Gasteiger partial charge < -0.3 is 0 Å². The summed E-state index contributed by atoms with van der Waals surface area (Å²) in [5.74, 6) is 0. The number of nitrogens with zero attached hydrogens (tertiary/aromatic N) is 1.